The fraction of sp³-hybridized carbons (Fsp3) is 0.571. The number of hydrogen-bond acceptors (Lipinski definition) is 5. The molecule has 1 aromatic rings. The standard InChI is InChI=1S/C21H28N2O5/c1-22-21(26)18-13-23(16-9-5-6-10-17(16)28-18)19(24)14-27-20(25)12-11-15-7-3-2-4-8-15/h5-6,9-10,15,18H,2-4,7-8,11-14H2,1H3,(H,22,26). The van der Waals surface area contributed by atoms with E-state index in [-0.39, 0.29) is 30.9 Å². The van der Waals surface area contributed by atoms with E-state index in [1.54, 1.807) is 24.3 Å². The van der Waals surface area contributed by atoms with Crippen LogP contribution in [0.5, 0.6) is 5.75 Å². The van der Waals surface area contributed by atoms with Crippen LogP contribution in [0.25, 0.3) is 0 Å². The minimum atomic E-state index is -0.800. The summed E-state index contributed by atoms with van der Waals surface area (Å²) in [6.07, 6.45) is 6.49. The van der Waals surface area contributed by atoms with Crippen molar-refractivity contribution < 1.29 is 23.9 Å². The van der Waals surface area contributed by atoms with E-state index in [1.165, 1.54) is 44.1 Å². The lowest BCUT2D eigenvalue weighted by molar-refractivity contribution is -0.148. The number of fused-ring (bicyclic) bond motifs is 1. The smallest absolute Gasteiger partial charge is 0.306 e. The lowest BCUT2D eigenvalue weighted by Crippen LogP contribution is -2.51. The molecule has 1 aliphatic heterocycles. The highest BCUT2D eigenvalue weighted by molar-refractivity contribution is 5.98. The van der Waals surface area contributed by atoms with Gasteiger partial charge in [0.1, 0.15) is 5.75 Å². The first kappa shape index (κ1) is 20.2. The van der Waals surface area contributed by atoms with Crippen molar-refractivity contribution >= 4 is 23.5 Å². The van der Waals surface area contributed by atoms with Gasteiger partial charge in [0.15, 0.2) is 12.7 Å². The SMILES string of the molecule is CNC(=O)C1CN(C(=O)COC(=O)CCC2CCCCC2)c2ccccc2O1. The van der Waals surface area contributed by atoms with Crippen LogP contribution in [0.4, 0.5) is 5.69 Å². The summed E-state index contributed by atoms with van der Waals surface area (Å²) in [5.41, 5.74) is 0.575. The van der Waals surface area contributed by atoms with Gasteiger partial charge in [0.25, 0.3) is 11.8 Å². The molecule has 1 fully saturated rings. The second-order valence-electron chi connectivity index (χ2n) is 7.40. The Bertz CT molecular complexity index is 715. The number of anilines is 1. The molecule has 1 N–H and O–H groups in total. The Balaban J connectivity index is 1.55. The predicted octanol–water partition coefficient (Wildman–Crippen LogP) is 2.43. The third-order valence-electron chi connectivity index (χ3n) is 5.45. The van der Waals surface area contributed by atoms with Gasteiger partial charge in [-0.25, -0.2) is 0 Å². The molecule has 0 spiro atoms. The number of para-hydroxylation sites is 2. The van der Waals surface area contributed by atoms with E-state index in [2.05, 4.69) is 5.32 Å². The van der Waals surface area contributed by atoms with E-state index >= 15 is 0 Å². The summed E-state index contributed by atoms with van der Waals surface area (Å²) in [5, 5.41) is 2.54. The zero-order chi connectivity index (χ0) is 19.9. The monoisotopic (exact) mass is 388 g/mol. The van der Waals surface area contributed by atoms with E-state index in [0.29, 0.717) is 23.8 Å². The van der Waals surface area contributed by atoms with E-state index in [4.69, 9.17) is 9.47 Å². The summed E-state index contributed by atoms with van der Waals surface area (Å²) in [4.78, 5) is 38.2. The molecule has 7 heteroatoms. The van der Waals surface area contributed by atoms with Crippen molar-refractivity contribution in [2.24, 2.45) is 5.92 Å². The summed E-state index contributed by atoms with van der Waals surface area (Å²) in [6, 6.07) is 7.02. The van der Waals surface area contributed by atoms with Crippen LogP contribution in [0.1, 0.15) is 44.9 Å². The normalized spacial score (nSPS) is 19.3. The number of likely N-dealkylation sites (N-methyl/N-ethyl adjacent to an activating group) is 1. The number of nitrogens with one attached hydrogen (secondary N) is 1. The molecule has 2 aliphatic rings. The maximum Gasteiger partial charge on any atom is 0.306 e. The van der Waals surface area contributed by atoms with Gasteiger partial charge in [0.05, 0.1) is 12.2 Å². The number of rotatable bonds is 6. The molecule has 1 unspecified atom stereocenters. The maximum absolute atomic E-state index is 12.7. The maximum atomic E-state index is 12.7. The van der Waals surface area contributed by atoms with Gasteiger partial charge in [-0.15, -0.1) is 0 Å². The Kier molecular flexibility index (Phi) is 6.90. The first-order chi connectivity index (χ1) is 13.6. The Morgan fingerprint density at radius 2 is 1.93 bits per heavy atom. The molecule has 1 aromatic carbocycles. The second kappa shape index (κ2) is 9.57. The lowest BCUT2D eigenvalue weighted by Gasteiger charge is -2.33. The van der Waals surface area contributed by atoms with Crippen molar-refractivity contribution in [2.75, 3.05) is 25.1 Å². The van der Waals surface area contributed by atoms with Crippen LogP contribution >= 0.6 is 0 Å². The van der Waals surface area contributed by atoms with Crippen LogP contribution in [-0.2, 0) is 19.1 Å². The average Bonchev–Trinajstić information content (AvgIpc) is 2.75. The molecule has 7 nitrogen and oxygen atoms in total. The summed E-state index contributed by atoms with van der Waals surface area (Å²) in [6.45, 7) is -0.257. The van der Waals surface area contributed by atoms with Gasteiger partial charge in [0, 0.05) is 13.5 Å². The van der Waals surface area contributed by atoms with E-state index in [0.717, 1.165) is 6.42 Å². The fourth-order valence-electron chi connectivity index (χ4n) is 3.86. The molecule has 2 amide bonds. The van der Waals surface area contributed by atoms with E-state index in [1.807, 2.05) is 0 Å². The van der Waals surface area contributed by atoms with Gasteiger partial charge in [-0.3, -0.25) is 14.4 Å². The van der Waals surface area contributed by atoms with Gasteiger partial charge in [-0.2, -0.15) is 0 Å². The van der Waals surface area contributed by atoms with Gasteiger partial charge in [0.2, 0.25) is 0 Å². The largest absolute Gasteiger partial charge is 0.477 e. The number of carbonyl (C=O) groups excluding carboxylic acids is 3. The number of esters is 1. The molecule has 0 bridgehead atoms. The minimum Gasteiger partial charge on any atom is -0.477 e. The number of nitrogens with zero attached hydrogens (tertiary/aromatic N) is 1. The van der Waals surface area contributed by atoms with Crippen molar-refractivity contribution in [1.29, 1.82) is 0 Å². The zero-order valence-electron chi connectivity index (χ0n) is 16.3. The van der Waals surface area contributed by atoms with Gasteiger partial charge in [-0.05, 0) is 24.5 Å². The van der Waals surface area contributed by atoms with Crippen molar-refractivity contribution in [3.63, 3.8) is 0 Å². The minimum absolute atomic E-state index is 0.0785. The Labute approximate surface area is 165 Å². The second-order valence-corrected chi connectivity index (χ2v) is 7.40. The van der Waals surface area contributed by atoms with Crippen molar-refractivity contribution in [3.05, 3.63) is 24.3 Å². The third kappa shape index (κ3) is 5.03. The molecular weight excluding hydrogens is 360 g/mol. The first-order valence-corrected chi connectivity index (χ1v) is 10.0. The molecule has 0 aromatic heterocycles. The Morgan fingerprint density at radius 1 is 1.18 bits per heavy atom. The first-order valence-electron chi connectivity index (χ1n) is 10.0. The molecule has 1 aliphatic carbocycles. The highest BCUT2D eigenvalue weighted by Gasteiger charge is 2.33. The molecule has 0 radical (unpaired) electrons. The van der Waals surface area contributed by atoms with E-state index in [9.17, 15) is 14.4 Å². The van der Waals surface area contributed by atoms with Crippen LogP contribution in [0.3, 0.4) is 0 Å². The molecule has 3 rings (SSSR count). The highest BCUT2D eigenvalue weighted by atomic mass is 16.5. The Hall–Kier alpha value is -2.57. The van der Waals surface area contributed by atoms with Gasteiger partial charge < -0.3 is 19.7 Å². The molecule has 0 saturated heterocycles. The molecule has 28 heavy (non-hydrogen) atoms. The number of carbonyl (C=O) groups is 3. The topological polar surface area (TPSA) is 84.9 Å². The molecular formula is C21H28N2O5. The summed E-state index contributed by atoms with van der Waals surface area (Å²) in [7, 11) is 1.52. The lowest BCUT2D eigenvalue weighted by atomic mass is 9.86. The summed E-state index contributed by atoms with van der Waals surface area (Å²) >= 11 is 0. The molecule has 152 valence electrons. The van der Waals surface area contributed by atoms with Gasteiger partial charge >= 0.3 is 5.97 Å². The average molecular weight is 388 g/mol. The third-order valence-corrected chi connectivity index (χ3v) is 5.45. The van der Waals surface area contributed by atoms with Gasteiger partial charge in [-0.1, -0.05) is 44.2 Å². The van der Waals surface area contributed by atoms with Crippen LogP contribution in [0.15, 0.2) is 24.3 Å². The fourth-order valence-corrected chi connectivity index (χ4v) is 3.86. The van der Waals surface area contributed by atoms with Crippen molar-refractivity contribution in [1.82, 2.24) is 5.32 Å². The highest BCUT2D eigenvalue weighted by Crippen LogP contribution is 2.33. The number of ether oxygens (including phenoxy) is 2. The molecule has 1 saturated carbocycles. The summed E-state index contributed by atoms with van der Waals surface area (Å²) in [5.74, 6) is 0.0338. The van der Waals surface area contributed by atoms with Crippen LogP contribution < -0.4 is 15.0 Å². The summed E-state index contributed by atoms with van der Waals surface area (Å²) < 4.78 is 10.9. The van der Waals surface area contributed by atoms with Crippen LogP contribution in [-0.4, -0.2) is 44.1 Å². The van der Waals surface area contributed by atoms with Crippen molar-refractivity contribution in [3.8, 4) is 5.75 Å². The predicted molar refractivity (Wildman–Crippen MR) is 104 cm³/mol. The van der Waals surface area contributed by atoms with Crippen LogP contribution in [0, 0.1) is 5.92 Å². The van der Waals surface area contributed by atoms with E-state index < -0.39 is 6.10 Å². The van der Waals surface area contributed by atoms with Crippen LogP contribution in [0.2, 0.25) is 0 Å². The molecule has 1 atom stereocenters. The zero-order valence-corrected chi connectivity index (χ0v) is 16.3. The number of benzene rings is 1. The Morgan fingerprint density at radius 3 is 2.68 bits per heavy atom. The quantitative estimate of drug-likeness (QED) is 0.757. The number of hydrogen-bond donors (Lipinski definition) is 1. The number of amides is 2. The molecule has 1 heterocycles. The van der Waals surface area contributed by atoms with Crippen molar-refractivity contribution in [2.45, 2.75) is 51.0 Å².